The van der Waals surface area contributed by atoms with Crippen molar-refractivity contribution >= 4 is 35.4 Å². The van der Waals surface area contributed by atoms with Crippen molar-refractivity contribution < 1.29 is 24.2 Å². The van der Waals surface area contributed by atoms with Gasteiger partial charge in [-0.05, 0) is 30.4 Å². The summed E-state index contributed by atoms with van der Waals surface area (Å²) in [7, 11) is 2.97. The van der Waals surface area contributed by atoms with Crippen LogP contribution in [0, 0.1) is 0 Å². The van der Waals surface area contributed by atoms with Gasteiger partial charge in [-0.15, -0.1) is 0 Å². The number of hydrogen-bond donors (Lipinski definition) is 2. The Balaban J connectivity index is 2.42. The molecule has 1 aromatic rings. The molecule has 1 heterocycles. The molecule has 0 aliphatic carbocycles. The first-order chi connectivity index (χ1) is 12.8. The number of urea groups is 1. The number of allylic oxidation sites excluding steroid dienone is 1. The van der Waals surface area contributed by atoms with Crippen LogP contribution in [0.5, 0.6) is 11.5 Å². The summed E-state index contributed by atoms with van der Waals surface area (Å²) >= 11 is 7.74. The SMILES string of the molecule is CCSCCOC(=O)C1=C(C)N(C)C(=O)NC1c1cc(Cl)c(O)c(OC)c1. The van der Waals surface area contributed by atoms with Crippen LogP contribution >= 0.6 is 23.4 Å². The molecule has 1 atom stereocenters. The fraction of sp³-hybridized carbons (Fsp3) is 0.444. The lowest BCUT2D eigenvalue weighted by Crippen LogP contribution is -2.46. The van der Waals surface area contributed by atoms with E-state index in [-0.39, 0.29) is 29.2 Å². The summed E-state index contributed by atoms with van der Waals surface area (Å²) in [6.45, 7) is 3.99. The van der Waals surface area contributed by atoms with Crippen LogP contribution in [-0.2, 0) is 9.53 Å². The number of aromatic hydroxyl groups is 1. The van der Waals surface area contributed by atoms with Crippen LogP contribution in [0.2, 0.25) is 5.02 Å². The maximum absolute atomic E-state index is 12.7. The second kappa shape index (κ2) is 9.23. The van der Waals surface area contributed by atoms with Crippen molar-refractivity contribution in [1.82, 2.24) is 10.2 Å². The van der Waals surface area contributed by atoms with E-state index in [9.17, 15) is 14.7 Å². The topological polar surface area (TPSA) is 88.1 Å². The van der Waals surface area contributed by atoms with Gasteiger partial charge in [-0.25, -0.2) is 9.59 Å². The number of phenolic OH excluding ortho intramolecular Hbond substituents is 1. The van der Waals surface area contributed by atoms with Crippen LogP contribution in [-0.4, -0.2) is 54.3 Å². The minimum absolute atomic E-state index is 0.0576. The van der Waals surface area contributed by atoms with Gasteiger partial charge in [0.05, 0.1) is 23.7 Å². The summed E-state index contributed by atoms with van der Waals surface area (Å²) in [5.41, 5.74) is 1.30. The third-order valence-corrected chi connectivity index (χ3v) is 5.39. The summed E-state index contributed by atoms with van der Waals surface area (Å²) < 4.78 is 10.5. The van der Waals surface area contributed by atoms with Crippen molar-refractivity contribution in [3.8, 4) is 11.5 Å². The van der Waals surface area contributed by atoms with Crippen molar-refractivity contribution in [3.63, 3.8) is 0 Å². The predicted octanol–water partition coefficient (Wildman–Crippen LogP) is 3.32. The molecule has 2 amide bonds. The molecule has 0 aromatic heterocycles. The molecule has 0 bridgehead atoms. The second-order valence-corrected chi connectivity index (χ2v) is 7.63. The predicted molar refractivity (Wildman–Crippen MR) is 105 cm³/mol. The van der Waals surface area contributed by atoms with Gasteiger partial charge in [0.1, 0.15) is 6.61 Å². The van der Waals surface area contributed by atoms with Gasteiger partial charge in [0, 0.05) is 18.5 Å². The Bertz CT molecular complexity index is 768. The standard InChI is InChI=1S/C18H23ClN2O5S/c1-5-27-7-6-26-17(23)14-10(2)21(3)18(24)20-15(14)11-8-12(19)16(22)13(9-11)25-4/h8-9,15,22H,5-7H2,1-4H3,(H,20,24). The highest BCUT2D eigenvalue weighted by molar-refractivity contribution is 7.99. The Morgan fingerprint density at radius 3 is 2.78 bits per heavy atom. The maximum Gasteiger partial charge on any atom is 0.338 e. The van der Waals surface area contributed by atoms with E-state index < -0.39 is 12.0 Å². The third-order valence-electron chi connectivity index (χ3n) is 4.24. The molecule has 2 N–H and O–H groups in total. The number of carbonyl (C=O) groups excluding carboxylic acids is 2. The lowest BCUT2D eigenvalue weighted by molar-refractivity contribution is -0.139. The lowest BCUT2D eigenvalue weighted by Gasteiger charge is -2.33. The molecule has 1 aliphatic heterocycles. The van der Waals surface area contributed by atoms with Crippen LogP contribution in [0.25, 0.3) is 0 Å². The van der Waals surface area contributed by atoms with Crippen molar-refractivity contribution in [1.29, 1.82) is 0 Å². The summed E-state index contributed by atoms with van der Waals surface area (Å²) in [6, 6.07) is 1.89. The number of hydrogen-bond acceptors (Lipinski definition) is 6. The molecule has 1 aliphatic rings. The summed E-state index contributed by atoms with van der Waals surface area (Å²) in [5.74, 6) is 1.07. The van der Waals surface area contributed by atoms with Crippen LogP contribution in [0.4, 0.5) is 4.79 Å². The molecule has 0 fully saturated rings. The van der Waals surface area contributed by atoms with Gasteiger partial charge in [-0.3, -0.25) is 0 Å². The monoisotopic (exact) mass is 414 g/mol. The third kappa shape index (κ3) is 4.62. The second-order valence-electron chi connectivity index (χ2n) is 5.83. The normalized spacial score (nSPS) is 17.0. The molecule has 7 nitrogen and oxygen atoms in total. The van der Waals surface area contributed by atoms with Crippen molar-refractivity contribution in [3.05, 3.63) is 34.0 Å². The zero-order valence-electron chi connectivity index (χ0n) is 15.7. The quantitative estimate of drug-likeness (QED) is 0.525. The number of rotatable bonds is 7. The van der Waals surface area contributed by atoms with Crippen molar-refractivity contribution in [2.45, 2.75) is 19.9 Å². The Morgan fingerprint density at radius 1 is 1.44 bits per heavy atom. The highest BCUT2D eigenvalue weighted by Gasteiger charge is 2.35. The zero-order chi connectivity index (χ0) is 20.1. The Hall–Kier alpha value is -2.06. The maximum atomic E-state index is 12.7. The van der Waals surface area contributed by atoms with Crippen LogP contribution in [0.3, 0.4) is 0 Å². The van der Waals surface area contributed by atoms with Gasteiger partial charge in [0.15, 0.2) is 11.5 Å². The van der Waals surface area contributed by atoms with Crippen LogP contribution < -0.4 is 10.1 Å². The molecule has 0 saturated carbocycles. The molecule has 9 heteroatoms. The first-order valence-corrected chi connectivity index (χ1v) is 9.91. The molecule has 0 spiro atoms. The number of esters is 1. The van der Waals surface area contributed by atoms with E-state index >= 15 is 0 Å². The first kappa shape index (κ1) is 21.2. The van der Waals surface area contributed by atoms with Crippen LogP contribution in [0.15, 0.2) is 23.4 Å². The van der Waals surface area contributed by atoms with E-state index in [0.29, 0.717) is 22.6 Å². The molecular formula is C18H23ClN2O5S. The zero-order valence-corrected chi connectivity index (χ0v) is 17.2. The number of benzene rings is 1. The molecule has 148 valence electrons. The fourth-order valence-electron chi connectivity index (χ4n) is 2.68. The molecule has 1 aromatic carbocycles. The van der Waals surface area contributed by atoms with Gasteiger partial charge >= 0.3 is 12.0 Å². The van der Waals surface area contributed by atoms with Crippen LogP contribution in [0.1, 0.15) is 25.5 Å². The summed E-state index contributed by atoms with van der Waals surface area (Å²) in [5, 5.41) is 12.8. The average molecular weight is 415 g/mol. The first-order valence-electron chi connectivity index (χ1n) is 8.38. The number of nitrogens with zero attached hydrogens (tertiary/aromatic N) is 1. The van der Waals surface area contributed by atoms with E-state index in [0.717, 1.165) is 5.75 Å². The number of halogens is 1. The number of nitrogens with one attached hydrogen (secondary N) is 1. The van der Waals surface area contributed by atoms with E-state index in [4.69, 9.17) is 21.1 Å². The van der Waals surface area contributed by atoms with E-state index in [1.54, 1.807) is 25.7 Å². The minimum atomic E-state index is -0.771. The molecular weight excluding hydrogens is 392 g/mol. The van der Waals surface area contributed by atoms with Gasteiger partial charge in [-0.1, -0.05) is 18.5 Å². The number of carbonyl (C=O) groups is 2. The highest BCUT2D eigenvalue weighted by atomic mass is 35.5. The Kier molecular flexibility index (Phi) is 7.26. The Labute approximate surface area is 167 Å². The number of thioether (sulfide) groups is 1. The number of ether oxygens (including phenoxy) is 2. The van der Waals surface area contributed by atoms with Crippen molar-refractivity contribution in [2.75, 3.05) is 32.3 Å². The van der Waals surface area contributed by atoms with E-state index in [1.807, 2.05) is 6.92 Å². The van der Waals surface area contributed by atoms with Gasteiger partial charge in [-0.2, -0.15) is 11.8 Å². The summed E-state index contributed by atoms with van der Waals surface area (Å²) in [4.78, 5) is 26.4. The number of amides is 2. The van der Waals surface area contributed by atoms with E-state index in [2.05, 4.69) is 5.32 Å². The largest absolute Gasteiger partial charge is 0.503 e. The molecule has 0 radical (unpaired) electrons. The minimum Gasteiger partial charge on any atom is -0.503 e. The lowest BCUT2D eigenvalue weighted by atomic mass is 9.94. The molecule has 27 heavy (non-hydrogen) atoms. The van der Waals surface area contributed by atoms with Gasteiger partial charge in [0.2, 0.25) is 0 Å². The van der Waals surface area contributed by atoms with Gasteiger partial charge < -0.3 is 24.8 Å². The smallest absolute Gasteiger partial charge is 0.338 e. The fourth-order valence-corrected chi connectivity index (χ4v) is 3.39. The number of phenols is 1. The summed E-state index contributed by atoms with van der Waals surface area (Å²) in [6.07, 6.45) is 0. The van der Waals surface area contributed by atoms with Gasteiger partial charge in [0.25, 0.3) is 0 Å². The molecule has 2 rings (SSSR count). The Morgan fingerprint density at radius 2 is 2.15 bits per heavy atom. The van der Waals surface area contributed by atoms with E-state index in [1.165, 1.54) is 24.1 Å². The van der Waals surface area contributed by atoms with Crippen molar-refractivity contribution in [2.24, 2.45) is 0 Å². The average Bonchev–Trinajstić information content (AvgIpc) is 2.64. The molecule has 0 saturated heterocycles. The highest BCUT2D eigenvalue weighted by Crippen LogP contribution is 2.39. The molecule has 1 unspecified atom stereocenters. The number of methoxy groups -OCH3 is 1.